The Kier molecular flexibility index (Phi) is 5.39. The van der Waals surface area contributed by atoms with Crippen molar-refractivity contribution in [2.45, 2.75) is 19.5 Å². The predicted octanol–water partition coefficient (Wildman–Crippen LogP) is 2.78. The monoisotopic (exact) mass is 355 g/mol. The molecule has 6 heteroatoms. The maximum atomic E-state index is 11.6. The Labute approximate surface area is 131 Å². The van der Waals surface area contributed by atoms with Crippen molar-refractivity contribution >= 4 is 33.0 Å². The van der Waals surface area contributed by atoms with Crippen LogP contribution in [0.25, 0.3) is 0 Å². The molecule has 0 aliphatic rings. The fraction of sp³-hybridized carbons (Fsp3) is 0.357. The molecule has 0 atom stereocenters. The zero-order chi connectivity index (χ0) is 14.5. The first-order valence-electron chi connectivity index (χ1n) is 6.42. The third-order valence-corrected chi connectivity index (χ3v) is 4.68. The molecule has 0 saturated heterocycles. The van der Waals surface area contributed by atoms with E-state index in [0.717, 1.165) is 24.0 Å². The predicted molar refractivity (Wildman–Crippen MR) is 88.1 cm³/mol. The molecule has 4 nitrogen and oxygen atoms in total. The van der Waals surface area contributed by atoms with E-state index in [-0.39, 0.29) is 5.56 Å². The van der Waals surface area contributed by atoms with Gasteiger partial charge in [0.1, 0.15) is 0 Å². The smallest absolute Gasteiger partial charge is 0.250 e. The van der Waals surface area contributed by atoms with E-state index in [4.69, 9.17) is 5.73 Å². The maximum absolute atomic E-state index is 11.6. The Balaban J connectivity index is 1.80. The Morgan fingerprint density at radius 3 is 2.95 bits per heavy atom. The second-order valence-electron chi connectivity index (χ2n) is 4.82. The number of hydrogen-bond donors (Lipinski definition) is 1. The van der Waals surface area contributed by atoms with E-state index < -0.39 is 0 Å². The Morgan fingerprint density at radius 1 is 1.45 bits per heavy atom. The van der Waals surface area contributed by atoms with Crippen molar-refractivity contribution in [2.75, 3.05) is 19.3 Å². The summed E-state index contributed by atoms with van der Waals surface area (Å²) in [7, 11) is 2.09. The van der Waals surface area contributed by atoms with Crippen molar-refractivity contribution in [1.29, 1.82) is 0 Å². The fourth-order valence-corrected chi connectivity index (χ4v) is 3.55. The summed E-state index contributed by atoms with van der Waals surface area (Å²) in [4.78, 5) is 15.2. The molecule has 0 bridgehead atoms. The molecule has 20 heavy (non-hydrogen) atoms. The Morgan fingerprint density at radius 2 is 2.25 bits per heavy atom. The van der Waals surface area contributed by atoms with Gasteiger partial charge in [-0.3, -0.25) is 4.79 Å². The molecular formula is C14H18BrN3OS. The molecule has 108 valence electrons. The minimum atomic E-state index is 0.00374. The number of halogens is 1. The van der Waals surface area contributed by atoms with Gasteiger partial charge in [-0.25, -0.2) is 0 Å². The average molecular weight is 356 g/mol. The zero-order valence-corrected chi connectivity index (χ0v) is 13.8. The van der Waals surface area contributed by atoms with Crippen molar-refractivity contribution < 1.29 is 0 Å². The van der Waals surface area contributed by atoms with Gasteiger partial charge in [-0.15, -0.1) is 11.3 Å². The molecule has 0 saturated carbocycles. The van der Waals surface area contributed by atoms with Crippen molar-refractivity contribution in [3.8, 4) is 0 Å². The van der Waals surface area contributed by atoms with Crippen LogP contribution in [0.5, 0.6) is 0 Å². The van der Waals surface area contributed by atoms with Crippen LogP contribution in [0.1, 0.15) is 11.3 Å². The number of aryl methyl sites for hydroxylation is 1. The molecule has 0 amide bonds. The number of nitrogens with zero attached hydrogens (tertiary/aromatic N) is 2. The summed E-state index contributed by atoms with van der Waals surface area (Å²) in [5, 5.41) is 2.09. The highest BCUT2D eigenvalue weighted by molar-refractivity contribution is 9.10. The minimum absolute atomic E-state index is 0.00374. The fourth-order valence-electron chi connectivity index (χ4n) is 2.02. The van der Waals surface area contributed by atoms with Gasteiger partial charge >= 0.3 is 0 Å². The van der Waals surface area contributed by atoms with Crippen LogP contribution in [0.2, 0.25) is 0 Å². The molecule has 2 aromatic heterocycles. The molecular weight excluding hydrogens is 338 g/mol. The maximum Gasteiger partial charge on any atom is 0.250 e. The lowest BCUT2D eigenvalue weighted by Gasteiger charge is -2.16. The van der Waals surface area contributed by atoms with Gasteiger partial charge < -0.3 is 15.2 Å². The van der Waals surface area contributed by atoms with Crippen LogP contribution in [-0.4, -0.2) is 23.1 Å². The van der Waals surface area contributed by atoms with Gasteiger partial charge in [0.05, 0.1) is 0 Å². The van der Waals surface area contributed by atoms with Crippen LogP contribution in [0, 0.1) is 0 Å². The summed E-state index contributed by atoms with van der Waals surface area (Å²) >= 11 is 5.21. The summed E-state index contributed by atoms with van der Waals surface area (Å²) in [6, 6.07) is 5.30. The van der Waals surface area contributed by atoms with Crippen LogP contribution in [0.3, 0.4) is 0 Å². The van der Waals surface area contributed by atoms with Crippen molar-refractivity contribution in [3.63, 3.8) is 0 Å². The number of anilines is 1. The quantitative estimate of drug-likeness (QED) is 0.866. The SMILES string of the molecule is CN(CCCn1cc(N)ccc1=O)Cc1cc(Br)cs1. The molecule has 0 radical (unpaired) electrons. The molecule has 0 aliphatic carbocycles. The van der Waals surface area contributed by atoms with Crippen molar-refractivity contribution in [1.82, 2.24) is 9.47 Å². The number of rotatable bonds is 6. The lowest BCUT2D eigenvalue weighted by Crippen LogP contribution is -2.23. The van der Waals surface area contributed by atoms with Crippen LogP contribution in [0.4, 0.5) is 5.69 Å². The first-order chi connectivity index (χ1) is 9.54. The average Bonchev–Trinajstić information content (AvgIpc) is 2.79. The normalized spacial score (nSPS) is 11.2. The molecule has 0 aromatic carbocycles. The van der Waals surface area contributed by atoms with E-state index >= 15 is 0 Å². The first kappa shape index (κ1) is 15.3. The standard InChI is InChI=1S/C14H18BrN3OS/c1-17(9-13-7-11(15)10-20-13)5-2-6-18-8-12(16)3-4-14(18)19/h3-4,7-8,10H,2,5-6,9,16H2,1H3. The zero-order valence-electron chi connectivity index (χ0n) is 11.4. The first-order valence-corrected chi connectivity index (χ1v) is 8.09. The lowest BCUT2D eigenvalue weighted by molar-refractivity contribution is 0.316. The molecule has 2 aromatic rings. The summed E-state index contributed by atoms with van der Waals surface area (Å²) in [5.74, 6) is 0. The van der Waals surface area contributed by atoms with E-state index in [9.17, 15) is 4.79 Å². The van der Waals surface area contributed by atoms with Gasteiger partial charge in [0.15, 0.2) is 0 Å². The lowest BCUT2D eigenvalue weighted by atomic mass is 10.3. The van der Waals surface area contributed by atoms with Gasteiger partial charge in [0.25, 0.3) is 5.56 Å². The van der Waals surface area contributed by atoms with Gasteiger partial charge in [0, 0.05) is 45.8 Å². The van der Waals surface area contributed by atoms with E-state index in [1.165, 1.54) is 10.9 Å². The highest BCUT2D eigenvalue weighted by atomic mass is 79.9. The highest BCUT2D eigenvalue weighted by Gasteiger charge is 2.03. The van der Waals surface area contributed by atoms with E-state index in [0.29, 0.717) is 12.2 Å². The van der Waals surface area contributed by atoms with Crippen LogP contribution < -0.4 is 11.3 Å². The van der Waals surface area contributed by atoms with E-state index in [1.54, 1.807) is 28.2 Å². The van der Waals surface area contributed by atoms with Gasteiger partial charge in [0.2, 0.25) is 0 Å². The third-order valence-electron chi connectivity index (χ3n) is 2.99. The summed E-state index contributed by atoms with van der Waals surface area (Å²) in [6.07, 6.45) is 2.63. The molecule has 2 rings (SSSR count). The number of nitrogen functional groups attached to an aromatic ring is 1. The molecule has 2 heterocycles. The largest absolute Gasteiger partial charge is 0.398 e. The third kappa shape index (κ3) is 4.47. The second kappa shape index (κ2) is 7.06. The van der Waals surface area contributed by atoms with Gasteiger partial charge in [-0.2, -0.15) is 0 Å². The molecule has 2 N–H and O–H groups in total. The summed E-state index contributed by atoms with van der Waals surface area (Å²) in [5.41, 5.74) is 6.32. The summed E-state index contributed by atoms with van der Waals surface area (Å²) < 4.78 is 2.81. The molecule has 0 unspecified atom stereocenters. The van der Waals surface area contributed by atoms with Crippen molar-refractivity contribution in [2.24, 2.45) is 0 Å². The molecule has 0 spiro atoms. The number of pyridine rings is 1. The van der Waals surface area contributed by atoms with Crippen molar-refractivity contribution in [3.05, 3.63) is 49.5 Å². The topological polar surface area (TPSA) is 51.3 Å². The molecule has 0 fully saturated rings. The number of aromatic nitrogens is 1. The molecule has 0 aliphatic heterocycles. The number of thiophene rings is 1. The number of nitrogens with two attached hydrogens (primary N) is 1. The minimum Gasteiger partial charge on any atom is -0.398 e. The van der Waals surface area contributed by atoms with E-state index in [1.807, 2.05) is 0 Å². The second-order valence-corrected chi connectivity index (χ2v) is 6.73. The van der Waals surface area contributed by atoms with Crippen LogP contribution in [0.15, 0.2) is 39.0 Å². The van der Waals surface area contributed by atoms with Crippen LogP contribution in [-0.2, 0) is 13.1 Å². The van der Waals surface area contributed by atoms with Gasteiger partial charge in [-0.1, -0.05) is 0 Å². The Bertz CT molecular complexity index is 623. The Hall–Kier alpha value is -1.11. The van der Waals surface area contributed by atoms with E-state index in [2.05, 4.69) is 39.3 Å². The number of hydrogen-bond acceptors (Lipinski definition) is 4. The van der Waals surface area contributed by atoms with Crippen LogP contribution >= 0.6 is 27.3 Å². The van der Waals surface area contributed by atoms with Gasteiger partial charge in [-0.05, 0) is 48.1 Å². The highest BCUT2D eigenvalue weighted by Crippen LogP contribution is 2.20. The summed E-state index contributed by atoms with van der Waals surface area (Å²) in [6.45, 7) is 2.57.